The normalized spacial score (nSPS) is 15.6. The van der Waals surface area contributed by atoms with Crippen molar-refractivity contribution in [1.82, 2.24) is 5.32 Å². The Morgan fingerprint density at radius 2 is 2.05 bits per heavy atom. The minimum absolute atomic E-state index is 0.0163. The molecule has 1 aromatic carbocycles. The summed E-state index contributed by atoms with van der Waals surface area (Å²) in [5.41, 5.74) is 1.76. The molecule has 114 valence electrons. The van der Waals surface area contributed by atoms with Gasteiger partial charge in [0.2, 0.25) is 11.8 Å². The van der Waals surface area contributed by atoms with Crippen LogP contribution in [0.4, 0.5) is 5.69 Å². The Labute approximate surface area is 133 Å². The van der Waals surface area contributed by atoms with Crippen LogP contribution in [-0.4, -0.2) is 16.6 Å². The van der Waals surface area contributed by atoms with Gasteiger partial charge in [-0.05, 0) is 36.5 Å². The highest BCUT2D eigenvalue weighted by atomic mass is 79.9. The lowest BCUT2D eigenvalue weighted by molar-refractivity contribution is -0.121. The number of alkyl halides is 1. The van der Waals surface area contributed by atoms with E-state index in [1.807, 2.05) is 38.1 Å². The summed E-state index contributed by atoms with van der Waals surface area (Å²) in [6.45, 7) is 4.45. The smallest absolute Gasteiger partial charge is 0.234 e. The molecule has 2 rings (SSSR count). The molecule has 1 saturated carbocycles. The topological polar surface area (TPSA) is 58.2 Å². The van der Waals surface area contributed by atoms with Gasteiger partial charge in [0, 0.05) is 18.2 Å². The Hall–Kier alpha value is -1.36. The van der Waals surface area contributed by atoms with Crippen molar-refractivity contribution in [2.45, 2.75) is 38.1 Å². The fraction of sp³-hybridized carbons (Fsp3) is 0.500. The molecule has 2 N–H and O–H groups in total. The highest BCUT2D eigenvalue weighted by Gasteiger charge is 2.29. The van der Waals surface area contributed by atoms with Gasteiger partial charge >= 0.3 is 0 Å². The third kappa shape index (κ3) is 4.84. The van der Waals surface area contributed by atoms with E-state index in [9.17, 15) is 9.59 Å². The predicted molar refractivity (Wildman–Crippen MR) is 87.2 cm³/mol. The molecule has 2 amide bonds. The number of carbonyl (C=O) groups is 2. The number of carbonyl (C=O) groups excluding carboxylic acids is 2. The van der Waals surface area contributed by atoms with Crippen LogP contribution in [0.15, 0.2) is 24.3 Å². The lowest BCUT2D eigenvalue weighted by atomic mass is 10.1. The van der Waals surface area contributed by atoms with E-state index in [0.29, 0.717) is 6.54 Å². The largest absolute Gasteiger partial charge is 0.351 e. The molecular weight excluding hydrogens is 332 g/mol. The van der Waals surface area contributed by atoms with Gasteiger partial charge in [0.15, 0.2) is 0 Å². The van der Waals surface area contributed by atoms with Crippen molar-refractivity contribution in [3.8, 4) is 0 Å². The zero-order valence-corrected chi connectivity index (χ0v) is 13.9. The van der Waals surface area contributed by atoms with E-state index in [2.05, 4.69) is 26.6 Å². The van der Waals surface area contributed by atoms with Crippen molar-refractivity contribution >= 4 is 33.4 Å². The second kappa shape index (κ2) is 7.07. The number of amides is 2. The number of nitrogens with one attached hydrogen (secondary N) is 2. The molecule has 21 heavy (non-hydrogen) atoms. The molecule has 1 unspecified atom stereocenters. The van der Waals surface area contributed by atoms with Gasteiger partial charge in [-0.2, -0.15) is 0 Å². The van der Waals surface area contributed by atoms with Crippen LogP contribution in [0.1, 0.15) is 32.3 Å². The molecule has 1 aliphatic carbocycles. The van der Waals surface area contributed by atoms with Crippen LogP contribution in [0.25, 0.3) is 0 Å². The summed E-state index contributed by atoms with van der Waals surface area (Å²) < 4.78 is 0. The van der Waals surface area contributed by atoms with Gasteiger partial charge in [-0.25, -0.2) is 0 Å². The van der Waals surface area contributed by atoms with Gasteiger partial charge in [0.25, 0.3) is 0 Å². The maximum Gasteiger partial charge on any atom is 0.234 e. The zero-order chi connectivity index (χ0) is 15.4. The molecule has 0 radical (unpaired) electrons. The molecule has 1 fully saturated rings. The van der Waals surface area contributed by atoms with Gasteiger partial charge in [-0.15, -0.1) is 0 Å². The zero-order valence-electron chi connectivity index (χ0n) is 12.4. The predicted octanol–water partition coefficient (Wildman–Crippen LogP) is 3.07. The molecule has 0 bridgehead atoms. The standard InChI is InChI=1S/C16H21BrN2O2/c1-10(2)14(17)16(21)18-9-11-4-3-5-13(8-11)19-15(20)12-6-7-12/h3-5,8,10,12,14H,6-7,9H2,1-2H3,(H,18,21)(H,19,20). The third-order valence-corrected chi connectivity index (χ3v) is 4.92. The molecule has 4 nitrogen and oxygen atoms in total. The van der Waals surface area contributed by atoms with Gasteiger partial charge in [-0.3, -0.25) is 9.59 Å². The van der Waals surface area contributed by atoms with Gasteiger partial charge in [-0.1, -0.05) is 41.9 Å². The van der Waals surface area contributed by atoms with Crippen molar-refractivity contribution in [3.05, 3.63) is 29.8 Å². The second-order valence-electron chi connectivity index (χ2n) is 5.83. The number of rotatable bonds is 6. The summed E-state index contributed by atoms with van der Waals surface area (Å²) in [4.78, 5) is 23.4. The molecule has 0 heterocycles. The fourth-order valence-electron chi connectivity index (χ4n) is 1.94. The van der Waals surface area contributed by atoms with E-state index in [-0.39, 0.29) is 28.5 Å². The SMILES string of the molecule is CC(C)C(Br)C(=O)NCc1cccc(NC(=O)C2CC2)c1. The summed E-state index contributed by atoms with van der Waals surface area (Å²) in [6, 6.07) is 7.59. The summed E-state index contributed by atoms with van der Waals surface area (Å²) >= 11 is 3.38. The van der Waals surface area contributed by atoms with Gasteiger partial charge in [0.05, 0.1) is 4.83 Å². The number of halogens is 1. The number of hydrogen-bond donors (Lipinski definition) is 2. The monoisotopic (exact) mass is 352 g/mol. The van der Waals surface area contributed by atoms with Gasteiger partial charge < -0.3 is 10.6 Å². The highest BCUT2D eigenvalue weighted by Crippen LogP contribution is 2.30. The van der Waals surface area contributed by atoms with Crippen LogP contribution in [0.5, 0.6) is 0 Å². The van der Waals surface area contributed by atoms with E-state index in [1.54, 1.807) is 0 Å². The average molecular weight is 353 g/mol. The molecule has 1 aromatic rings. The Morgan fingerprint density at radius 3 is 2.67 bits per heavy atom. The molecule has 5 heteroatoms. The summed E-state index contributed by atoms with van der Waals surface area (Å²) in [6.07, 6.45) is 1.98. The third-order valence-electron chi connectivity index (χ3n) is 3.45. The Bertz CT molecular complexity index is 527. The molecule has 0 saturated heterocycles. The van der Waals surface area contributed by atoms with Crippen molar-refractivity contribution < 1.29 is 9.59 Å². The summed E-state index contributed by atoms with van der Waals surface area (Å²) in [5, 5.41) is 5.81. The molecule has 0 aliphatic heterocycles. The molecular formula is C16H21BrN2O2. The van der Waals surface area contributed by atoms with E-state index in [1.165, 1.54) is 0 Å². The first-order valence-corrected chi connectivity index (χ1v) is 8.20. The molecule has 1 aliphatic rings. The molecule has 0 spiro atoms. The maximum absolute atomic E-state index is 11.9. The Kier molecular flexibility index (Phi) is 5.39. The van der Waals surface area contributed by atoms with Crippen molar-refractivity contribution in [2.75, 3.05) is 5.32 Å². The van der Waals surface area contributed by atoms with E-state index in [0.717, 1.165) is 24.1 Å². The molecule has 1 atom stereocenters. The van der Waals surface area contributed by atoms with Crippen molar-refractivity contribution in [3.63, 3.8) is 0 Å². The second-order valence-corrected chi connectivity index (χ2v) is 6.81. The van der Waals surface area contributed by atoms with Crippen LogP contribution in [0, 0.1) is 11.8 Å². The molecule has 0 aromatic heterocycles. The fourth-order valence-corrected chi connectivity index (χ4v) is 2.10. The summed E-state index contributed by atoms with van der Waals surface area (Å²) in [7, 11) is 0. The maximum atomic E-state index is 11.9. The lowest BCUT2D eigenvalue weighted by Gasteiger charge is -2.14. The first-order chi connectivity index (χ1) is 9.97. The minimum Gasteiger partial charge on any atom is -0.351 e. The van der Waals surface area contributed by atoms with Crippen molar-refractivity contribution in [1.29, 1.82) is 0 Å². The summed E-state index contributed by atoms with van der Waals surface area (Å²) in [5.74, 6) is 0.511. The number of benzene rings is 1. The Morgan fingerprint density at radius 1 is 1.33 bits per heavy atom. The first-order valence-electron chi connectivity index (χ1n) is 7.29. The van der Waals surface area contributed by atoms with Crippen molar-refractivity contribution in [2.24, 2.45) is 11.8 Å². The number of hydrogen-bond acceptors (Lipinski definition) is 2. The van der Waals surface area contributed by atoms with E-state index < -0.39 is 0 Å². The minimum atomic E-state index is -0.185. The lowest BCUT2D eigenvalue weighted by Crippen LogP contribution is -2.33. The van der Waals surface area contributed by atoms with E-state index >= 15 is 0 Å². The van der Waals surface area contributed by atoms with Gasteiger partial charge in [0.1, 0.15) is 0 Å². The van der Waals surface area contributed by atoms with Crippen LogP contribution in [-0.2, 0) is 16.1 Å². The number of anilines is 1. The van der Waals surface area contributed by atoms with E-state index in [4.69, 9.17) is 0 Å². The van der Waals surface area contributed by atoms with Crippen LogP contribution >= 0.6 is 15.9 Å². The average Bonchev–Trinajstić information content (AvgIpc) is 3.28. The quantitative estimate of drug-likeness (QED) is 0.773. The van der Waals surface area contributed by atoms with Crippen LogP contribution in [0.3, 0.4) is 0 Å². The Balaban J connectivity index is 1.88. The first kappa shape index (κ1) is 16.0. The van der Waals surface area contributed by atoms with Crippen LogP contribution < -0.4 is 10.6 Å². The van der Waals surface area contributed by atoms with Crippen LogP contribution in [0.2, 0.25) is 0 Å². The highest BCUT2D eigenvalue weighted by molar-refractivity contribution is 9.10.